The fourth-order valence-electron chi connectivity index (χ4n) is 3.79. The van der Waals surface area contributed by atoms with Gasteiger partial charge in [-0.2, -0.15) is 0 Å². The Morgan fingerprint density at radius 1 is 1.14 bits per heavy atom. The van der Waals surface area contributed by atoms with Crippen LogP contribution in [0.2, 0.25) is 0 Å². The smallest absolute Gasteiger partial charge is 0.233 e. The molecule has 0 aromatic rings. The number of hydrogen-bond donors (Lipinski definition) is 2. The number of nitrogens with two attached hydrogens (primary N) is 1. The molecule has 1 aliphatic carbocycles. The summed E-state index contributed by atoms with van der Waals surface area (Å²) < 4.78 is 0. The Balaban J connectivity index is 2.30. The summed E-state index contributed by atoms with van der Waals surface area (Å²) in [5, 5.41) is 3.18. The molecule has 0 aromatic heterocycles. The molecule has 130 valence electrons. The highest BCUT2D eigenvalue weighted by Crippen LogP contribution is 2.40. The minimum Gasteiger partial charge on any atom is -0.352 e. The molecular formula is C19H38N2O. The maximum absolute atomic E-state index is 11.7. The van der Waals surface area contributed by atoms with E-state index >= 15 is 0 Å². The third kappa shape index (κ3) is 7.62. The largest absolute Gasteiger partial charge is 0.352 e. The molecule has 0 aliphatic heterocycles. The van der Waals surface area contributed by atoms with Crippen molar-refractivity contribution < 1.29 is 4.79 Å². The number of carbonyl (C=O) groups is 1. The van der Waals surface area contributed by atoms with Gasteiger partial charge in [0.25, 0.3) is 0 Å². The van der Waals surface area contributed by atoms with Gasteiger partial charge in [0, 0.05) is 6.04 Å². The Labute approximate surface area is 137 Å². The van der Waals surface area contributed by atoms with Gasteiger partial charge in [-0.25, -0.2) is 0 Å². The highest BCUT2D eigenvalue weighted by Gasteiger charge is 2.35. The molecule has 0 saturated heterocycles. The standard InChI is InChI=1S/C19H38N2O/c1-4-5-6-7-8-9-10-11-16-12-13-19(2,3)14-17(16)21-18(22)15-20/h16-17H,4-15,20H2,1-3H3,(H,21,22)/t16-,17-/m1/s1. The summed E-state index contributed by atoms with van der Waals surface area (Å²) in [5.41, 5.74) is 5.82. The first-order chi connectivity index (χ1) is 10.5. The van der Waals surface area contributed by atoms with Gasteiger partial charge in [-0.15, -0.1) is 0 Å². The van der Waals surface area contributed by atoms with Crippen LogP contribution in [-0.4, -0.2) is 18.5 Å². The van der Waals surface area contributed by atoms with E-state index < -0.39 is 0 Å². The van der Waals surface area contributed by atoms with Gasteiger partial charge in [0.1, 0.15) is 0 Å². The number of hydrogen-bond acceptors (Lipinski definition) is 2. The average Bonchev–Trinajstić information content (AvgIpc) is 2.47. The molecule has 0 unspecified atom stereocenters. The van der Waals surface area contributed by atoms with Gasteiger partial charge in [0.15, 0.2) is 0 Å². The lowest BCUT2D eigenvalue weighted by Crippen LogP contribution is -2.47. The third-order valence-corrected chi connectivity index (χ3v) is 5.24. The van der Waals surface area contributed by atoms with Gasteiger partial charge in [-0.1, -0.05) is 65.7 Å². The fraction of sp³-hybridized carbons (Fsp3) is 0.947. The Bertz CT molecular complexity index is 315. The van der Waals surface area contributed by atoms with Gasteiger partial charge in [-0.05, 0) is 37.0 Å². The van der Waals surface area contributed by atoms with E-state index in [1.54, 1.807) is 0 Å². The second kappa shape index (κ2) is 10.3. The van der Waals surface area contributed by atoms with Crippen LogP contribution in [0.15, 0.2) is 0 Å². The molecule has 22 heavy (non-hydrogen) atoms. The highest BCUT2D eigenvalue weighted by molar-refractivity contribution is 5.78. The summed E-state index contributed by atoms with van der Waals surface area (Å²) in [6.45, 7) is 7.01. The van der Waals surface area contributed by atoms with Crippen LogP contribution in [0.5, 0.6) is 0 Å². The normalized spacial score (nSPS) is 24.2. The second-order valence-electron chi connectivity index (χ2n) is 7.96. The van der Waals surface area contributed by atoms with E-state index in [0.717, 1.165) is 6.42 Å². The van der Waals surface area contributed by atoms with E-state index in [4.69, 9.17) is 5.73 Å². The van der Waals surface area contributed by atoms with Crippen molar-refractivity contribution in [3.63, 3.8) is 0 Å². The predicted octanol–water partition coefficient (Wildman–Crippen LogP) is 4.40. The van der Waals surface area contributed by atoms with Gasteiger partial charge < -0.3 is 11.1 Å². The number of carbonyl (C=O) groups excluding carboxylic acids is 1. The summed E-state index contributed by atoms with van der Waals surface area (Å²) >= 11 is 0. The number of unbranched alkanes of at least 4 members (excludes halogenated alkanes) is 6. The van der Waals surface area contributed by atoms with E-state index in [1.165, 1.54) is 64.2 Å². The monoisotopic (exact) mass is 310 g/mol. The molecular weight excluding hydrogens is 272 g/mol. The van der Waals surface area contributed by atoms with Gasteiger partial charge in [0.2, 0.25) is 5.91 Å². The molecule has 0 aromatic carbocycles. The molecule has 1 rings (SSSR count). The topological polar surface area (TPSA) is 55.1 Å². The van der Waals surface area contributed by atoms with E-state index in [2.05, 4.69) is 26.1 Å². The maximum Gasteiger partial charge on any atom is 0.233 e. The van der Waals surface area contributed by atoms with Crippen LogP contribution in [0.3, 0.4) is 0 Å². The molecule has 3 N–H and O–H groups in total. The van der Waals surface area contributed by atoms with E-state index in [0.29, 0.717) is 17.4 Å². The summed E-state index contributed by atoms with van der Waals surface area (Å²) in [5.74, 6) is 0.659. The lowest BCUT2D eigenvalue weighted by molar-refractivity contribution is -0.121. The van der Waals surface area contributed by atoms with Gasteiger partial charge in [0.05, 0.1) is 6.54 Å². The van der Waals surface area contributed by atoms with Gasteiger partial charge >= 0.3 is 0 Å². The summed E-state index contributed by atoms with van der Waals surface area (Å²) in [6, 6.07) is 0.333. The molecule has 1 amide bonds. The fourth-order valence-corrected chi connectivity index (χ4v) is 3.79. The van der Waals surface area contributed by atoms with Crippen LogP contribution < -0.4 is 11.1 Å². The van der Waals surface area contributed by atoms with Crippen molar-refractivity contribution in [2.24, 2.45) is 17.1 Å². The lowest BCUT2D eigenvalue weighted by atomic mass is 9.69. The molecule has 3 heteroatoms. The number of nitrogens with one attached hydrogen (secondary N) is 1. The third-order valence-electron chi connectivity index (χ3n) is 5.24. The first-order valence-electron chi connectivity index (χ1n) is 9.48. The molecule has 0 bridgehead atoms. The Morgan fingerprint density at radius 2 is 1.77 bits per heavy atom. The van der Waals surface area contributed by atoms with E-state index in [1.807, 2.05) is 0 Å². The van der Waals surface area contributed by atoms with Crippen molar-refractivity contribution in [3.8, 4) is 0 Å². The highest BCUT2D eigenvalue weighted by atomic mass is 16.1. The molecule has 0 heterocycles. The van der Waals surface area contributed by atoms with Crippen molar-refractivity contribution in [2.75, 3.05) is 6.54 Å². The van der Waals surface area contributed by atoms with Crippen LogP contribution in [0.4, 0.5) is 0 Å². The van der Waals surface area contributed by atoms with Crippen LogP contribution in [0, 0.1) is 11.3 Å². The predicted molar refractivity (Wildman–Crippen MR) is 94.7 cm³/mol. The molecule has 0 spiro atoms. The summed E-state index contributed by atoms with van der Waals surface area (Å²) in [4.78, 5) is 11.7. The summed E-state index contributed by atoms with van der Waals surface area (Å²) in [7, 11) is 0. The first kappa shape index (κ1) is 19.5. The molecule has 2 atom stereocenters. The number of amides is 1. The molecule has 1 saturated carbocycles. The lowest BCUT2D eigenvalue weighted by Gasteiger charge is -2.41. The Hall–Kier alpha value is -0.570. The zero-order chi connectivity index (χ0) is 16.4. The number of rotatable bonds is 10. The SMILES string of the molecule is CCCCCCCCC[C@@H]1CCC(C)(C)C[C@H]1NC(=O)CN. The molecule has 3 nitrogen and oxygen atoms in total. The first-order valence-corrected chi connectivity index (χ1v) is 9.48. The van der Waals surface area contributed by atoms with Crippen molar-refractivity contribution in [3.05, 3.63) is 0 Å². The van der Waals surface area contributed by atoms with Crippen LogP contribution in [0.1, 0.15) is 91.4 Å². The molecule has 1 fully saturated rings. The summed E-state index contributed by atoms with van der Waals surface area (Å²) in [6.07, 6.45) is 14.4. The van der Waals surface area contributed by atoms with E-state index in [-0.39, 0.29) is 12.5 Å². The van der Waals surface area contributed by atoms with Crippen molar-refractivity contribution in [1.29, 1.82) is 0 Å². The van der Waals surface area contributed by atoms with Gasteiger partial charge in [-0.3, -0.25) is 4.79 Å². The minimum absolute atomic E-state index is 0.00673. The quantitative estimate of drug-likeness (QED) is 0.588. The van der Waals surface area contributed by atoms with Crippen molar-refractivity contribution in [2.45, 2.75) is 97.4 Å². The minimum atomic E-state index is 0.00673. The van der Waals surface area contributed by atoms with Crippen molar-refractivity contribution >= 4 is 5.91 Å². The average molecular weight is 311 g/mol. The molecule has 1 aliphatic rings. The zero-order valence-corrected chi connectivity index (χ0v) is 15.1. The Morgan fingerprint density at radius 3 is 2.41 bits per heavy atom. The Kier molecular flexibility index (Phi) is 9.08. The molecule has 0 radical (unpaired) electrons. The van der Waals surface area contributed by atoms with Crippen LogP contribution in [0.25, 0.3) is 0 Å². The maximum atomic E-state index is 11.7. The van der Waals surface area contributed by atoms with Crippen molar-refractivity contribution in [1.82, 2.24) is 5.32 Å². The zero-order valence-electron chi connectivity index (χ0n) is 15.1. The van der Waals surface area contributed by atoms with Crippen LogP contribution >= 0.6 is 0 Å². The second-order valence-corrected chi connectivity index (χ2v) is 7.96. The van der Waals surface area contributed by atoms with Crippen LogP contribution in [-0.2, 0) is 4.79 Å². The van der Waals surface area contributed by atoms with E-state index in [9.17, 15) is 4.79 Å².